The first-order valence-electron chi connectivity index (χ1n) is 5.48. The Bertz CT molecular complexity index is 171. The van der Waals surface area contributed by atoms with Crippen LogP contribution < -0.4 is 5.32 Å². The molecule has 0 bridgehead atoms. The van der Waals surface area contributed by atoms with Crippen LogP contribution in [0.5, 0.6) is 0 Å². The van der Waals surface area contributed by atoms with E-state index in [0.29, 0.717) is 0 Å². The van der Waals surface area contributed by atoms with E-state index in [1.54, 1.807) is 0 Å². The van der Waals surface area contributed by atoms with Crippen LogP contribution in [0.25, 0.3) is 0 Å². The Balaban J connectivity index is 3.64. The maximum atomic E-state index is 4.09. The molecule has 1 N–H and O–H groups in total. The van der Waals surface area contributed by atoms with Crippen LogP contribution in [0, 0.1) is 5.41 Å². The van der Waals surface area contributed by atoms with Gasteiger partial charge in [0.15, 0.2) is 0 Å². The molecule has 2 nitrogen and oxygen atoms in total. The summed E-state index contributed by atoms with van der Waals surface area (Å²) in [5.41, 5.74) is 1.39. The number of nitrogens with zero attached hydrogens (tertiary/aromatic N) is 1. The third-order valence-electron chi connectivity index (χ3n) is 2.82. The lowest BCUT2D eigenvalue weighted by atomic mass is 9.87. The number of rotatable bonds is 7. The van der Waals surface area contributed by atoms with Crippen molar-refractivity contribution < 1.29 is 0 Å². The van der Waals surface area contributed by atoms with Gasteiger partial charge in [0.05, 0.1) is 0 Å². The highest BCUT2D eigenvalue weighted by molar-refractivity contribution is 5.03. The normalized spacial score (nSPS) is 11.9. The van der Waals surface area contributed by atoms with Gasteiger partial charge in [-0.1, -0.05) is 27.4 Å². The Morgan fingerprint density at radius 1 is 1.36 bits per heavy atom. The fourth-order valence-electron chi connectivity index (χ4n) is 1.09. The van der Waals surface area contributed by atoms with Gasteiger partial charge in [-0.05, 0) is 33.5 Å². The van der Waals surface area contributed by atoms with Crippen molar-refractivity contribution in [1.82, 2.24) is 10.2 Å². The fourth-order valence-corrected chi connectivity index (χ4v) is 1.09. The van der Waals surface area contributed by atoms with Gasteiger partial charge >= 0.3 is 0 Å². The molecule has 0 aliphatic carbocycles. The Kier molecular flexibility index (Phi) is 5.86. The highest BCUT2D eigenvalue weighted by Gasteiger charge is 2.18. The van der Waals surface area contributed by atoms with Crippen LogP contribution in [0.2, 0.25) is 0 Å². The van der Waals surface area contributed by atoms with Crippen LogP contribution in [-0.2, 0) is 0 Å². The largest absolute Gasteiger partial charge is 0.388 e. The molecule has 0 amide bonds. The predicted molar refractivity (Wildman–Crippen MR) is 64.4 cm³/mol. The summed E-state index contributed by atoms with van der Waals surface area (Å²) in [6, 6.07) is 0. The van der Waals surface area contributed by atoms with E-state index in [1.165, 1.54) is 12.1 Å². The van der Waals surface area contributed by atoms with Crippen LogP contribution in [-0.4, -0.2) is 32.1 Å². The second-order valence-corrected chi connectivity index (χ2v) is 4.80. The van der Waals surface area contributed by atoms with Gasteiger partial charge < -0.3 is 10.2 Å². The average molecular weight is 198 g/mol. The zero-order valence-corrected chi connectivity index (χ0v) is 10.5. The molecule has 2 heteroatoms. The summed E-state index contributed by atoms with van der Waals surface area (Å²) in [6.07, 6.45) is 2.30. The van der Waals surface area contributed by atoms with Crippen molar-refractivity contribution in [2.45, 2.75) is 33.6 Å². The van der Waals surface area contributed by atoms with E-state index < -0.39 is 0 Å². The standard InChI is InChI=1S/C12H26N2/c1-7-12(3,4)11(2)13-9-8-10-14(5)6/h13H,2,7-10H2,1,3-6H3. The van der Waals surface area contributed by atoms with Gasteiger partial charge in [-0.2, -0.15) is 0 Å². The maximum Gasteiger partial charge on any atom is 0.0156 e. The summed E-state index contributed by atoms with van der Waals surface area (Å²) in [5, 5.41) is 3.41. The molecule has 0 aromatic rings. The lowest BCUT2D eigenvalue weighted by Crippen LogP contribution is -2.28. The van der Waals surface area contributed by atoms with E-state index in [0.717, 1.165) is 19.5 Å². The van der Waals surface area contributed by atoms with Crippen molar-refractivity contribution in [3.63, 3.8) is 0 Å². The van der Waals surface area contributed by atoms with Gasteiger partial charge in [-0.3, -0.25) is 0 Å². The highest BCUT2D eigenvalue weighted by Crippen LogP contribution is 2.26. The van der Waals surface area contributed by atoms with E-state index in [-0.39, 0.29) is 5.41 Å². The monoisotopic (exact) mass is 198 g/mol. The Morgan fingerprint density at radius 2 is 1.93 bits per heavy atom. The Labute approximate surface area is 89.4 Å². The van der Waals surface area contributed by atoms with E-state index >= 15 is 0 Å². The van der Waals surface area contributed by atoms with Crippen molar-refractivity contribution >= 4 is 0 Å². The Morgan fingerprint density at radius 3 is 2.36 bits per heavy atom. The number of nitrogens with one attached hydrogen (secondary N) is 1. The summed E-state index contributed by atoms with van der Waals surface area (Å²) < 4.78 is 0. The van der Waals surface area contributed by atoms with E-state index in [4.69, 9.17) is 0 Å². The molecule has 0 heterocycles. The van der Waals surface area contributed by atoms with Crippen molar-refractivity contribution in [3.8, 4) is 0 Å². The maximum absolute atomic E-state index is 4.09. The van der Waals surface area contributed by atoms with Crippen molar-refractivity contribution in [2.24, 2.45) is 5.41 Å². The number of allylic oxidation sites excluding steroid dienone is 1. The van der Waals surface area contributed by atoms with Gasteiger partial charge in [-0.15, -0.1) is 0 Å². The minimum absolute atomic E-state index is 0.220. The number of hydrogen-bond acceptors (Lipinski definition) is 2. The van der Waals surface area contributed by atoms with Gasteiger partial charge in [-0.25, -0.2) is 0 Å². The van der Waals surface area contributed by atoms with Crippen LogP contribution in [0.15, 0.2) is 12.3 Å². The zero-order valence-electron chi connectivity index (χ0n) is 10.5. The van der Waals surface area contributed by atoms with E-state index in [2.05, 4.69) is 51.7 Å². The molecule has 0 saturated carbocycles. The molecule has 0 fully saturated rings. The summed E-state index contributed by atoms with van der Waals surface area (Å²) >= 11 is 0. The lowest BCUT2D eigenvalue weighted by molar-refractivity contribution is 0.375. The smallest absolute Gasteiger partial charge is 0.0156 e. The quantitative estimate of drug-likeness (QED) is 0.632. The molecule has 0 unspecified atom stereocenters. The van der Waals surface area contributed by atoms with Gasteiger partial charge in [0.2, 0.25) is 0 Å². The molecular formula is C12H26N2. The molecule has 0 atom stereocenters. The van der Waals surface area contributed by atoms with Gasteiger partial charge in [0.1, 0.15) is 0 Å². The third kappa shape index (κ3) is 5.28. The first-order chi connectivity index (χ1) is 6.40. The van der Waals surface area contributed by atoms with Crippen LogP contribution in [0.1, 0.15) is 33.6 Å². The van der Waals surface area contributed by atoms with Crippen LogP contribution in [0.3, 0.4) is 0 Å². The second-order valence-electron chi connectivity index (χ2n) is 4.80. The van der Waals surface area contributed by atoms with Crippen LogP contribution in [0.4, 0.5) is 0 Å². The van der Waals surface area contributed by atoms with Crippen molar-refractivity contribution in [1.29, 1.82) is 0 Å². The second kappa shape index (κ2) is 6.07. The third-order valence-corrected chi connectivity index (χ3v) is 2.82. The highest BCUT2D eigenvalue weighted by atomic mass is 15.1. The molecule has 0 aliphatic heterocycles. The molecule has 0 aromatic heterocycles. The van der Waals surface area contributed by atoms with E-state index in [1.807, 2.05) is 0 Å². The summed E-state index contributed by atoms with van der Waals surface area (Å²) in [7, 11) is 4.20. The van der Waals surface area contributed by atoms with Gasteiger partial charge in [0, 0.05) is 17.7 Å². The predicted octanol–water partition coefficient (Wildman–Crippen LogP) is 2.48. The van der Waals surface area contributed by atoms with E-state index in [9.17, 15) is 0 Å². The molecular weight excluding hydrogens is 172 g/mol. The molecule has 0 aromatic carbocycles. The van der Waals surface area contributed by atoms with Gasteiger partial charge in [0.25, 0.3) is 0 Å². The SMILES string of the molecule is C=C(NCCCN(C)C)C(C)(C)CC. The minimum Gasteiger partial charge on any atom is -0.388 e. The molecule has 0 aliphatic rings. The van der Waals surface area contributed by atoms with Crippen molar-refractivity contribution in [2.75, 3.05) is 27.2 Å². The lowest BCUT2D eigenvalue weighted by Gasteiger charge is -2.26. The molecule has 0 rings (SSSR count). The average Bonchev–Trinajstić information content (AvgIpc) is 2.11. The first kappa shape index (κ1) is 13.5. The molecule has 14 heavy (non-hydrogen) atoms. The summed E-state index contributed by atoms with van der Waals surface area (Å²) in [5.74, 6) is 0. The Hall–Kier alpha value is -0.500. The fraction of sp³-hybridized carbons (Fsp3) is 0.833. The first-order valence-corrected chi connectivity index (χ1v) is 5.48. The zero-order chi connectivity index (χ0) is 11.2. The van der Waals surface area contributed by atoms with Crippen LogP contribution >= 0.6 is 0 Å². The summed E-state index contributed by atoms with van der Waals surface area (Å²) in [4.78, 5) is 2.20. The van der Waals surface area contributed by atoms with Crippen molar-refractivity contribution in [3.05, 3.63) is 12.3 Å². The molecule has 0 radical (unpaired) electrons. The number of hydrogen-bond donors (Lipinski definition) is 1. The molecule has 84 valence electrons. The molecule has 0 spiro atoms. The topological polar surface area (TPSA) is 15.3 Å². The minimum atomic E-state index is 0.220. The molecule has 0 saturated heterocycles. The summed E-state index contributed by atoms with van der Waals surface area (Å²) in [6.45, 7) is 12.9.